The second-order valence-corrected chi connectivity index (χ2v) is 5.34. The van der Waals surface area contributed by atoms with Crippen LogP contribution in [-0.2, 0) is 19.1 Å². The van der Waals surface area contributed by atoms with Gasteiger partial charge in [0, 0.05) is 6.54 Å². The predicted molar refractivity (Wildman–Crippen MR) is 56.6 cm³/mol. The van der Waals surface area contributed by atoms with Crippen molar-refractivity contribution in [2.24, 2.45) is 5.41 Å². The second kappa shape index (κ2) is 2.91. The van der Waals surface area contributed by atoms with Gasteiger partial charge in [0.15, 0.2) is 6.10 Å². The number of hydrogen-bond acceptors (Lipinski definition) is 5. The summed E-state index contributed by atoms with van der Waals surface area (Å²) in [5.74, 6) is -0.287. The van der Waals surface area contributed by atoms with E-state index >= 15 is 0 Å². The first-order valence-electron chi connectivity index (χ1n) is 6.12. The van der Waals surface area contributed by atoms with Crippen LogP contribution in [0.1, 0.15) is 19.3 Å². The molecular formula is C12H15NO4. The second-order valence-electron chi connectivity index (χ2n) is 5.34. The van der Waals surface area contributed by atoms with Crippen molar-refractivity contribution in [1.29, 1.82) is 0 Å². The quantitative estimate of drug-likeness (QED) is 0.520. The molecule has 4 fully saturated rings. The molecule has 4 atom stereocenters. The average molecular weight is 237 g/mol. The van der Waals surface area contributed by atoms with Gasteiger partial charge in [-0.15, -0.1) is 6.58 Å². The van der Waals surface area contributed by atoms with Crippen LogP contribution in [0.15, 0.2) is 12.7 Å². The van der Waals surface area contributed by atoms with Crippen molar-refractivity contribution in [3.05, 3.63) is 12.7 Å². The van der Waals surface area contributed by atoms with E-state index in [1.54, 1.807) is 0 Å². The summed E-state index contributed by atoms with van der Waals surface area (Å²) in [6.07, 6.45) is 3.67. The van der Waals surface area contributed by atoms with Crippen LogP contribution in [0.4, 0.5) is 0 Å². The molecule has 5 heteroatoms. The van der Waals surface area contributed by atoms with Gasteiger partial charge in [-0.3, -0.25) is 4.84 Å². The lowest BCUT2D eigenvalue weighted by molar-refractivity contribution is -0.186. The lowest BCUT2D eigenvalue weighted by Gasteiger charge is -2.35. The number of carbonyl (C=O) groups is 1. The van der Waals surface area contributed by atoms with Crippen LogP contribution < -0.4 is 0 Å². The molecule has 4 heterocycles. The third-order valence-electron chi connectivity index (χ3n) is 4.81. The lowest BCUT2D eigenvalue weighted by Crippen LogP contribution is -2.52. The molecule has 5 nitrogen and oxygen atoms in total. The number of nitrogens with zero attached hydrogens (tertiary/aromatic N) is 1. The monoisotopic (exact) mass is 237 g/mol. The van der Waals surface area contributed by atoms with Crippen LogP contribution in [0.5, 0.6) is 0 Å². The number of rotatable bonds is 2. The number of carbonyl (C=O) groups excluding carboxylic acids is 1. The third-order valence-corrected chi connectivity index (χ3v) is 4.81. The zero-order valence-electron chi connectivity index (χ0n) is 9.55. The normalized spacial score (nSPS) is 51.4. The first-order valence-corrected chi connectivity index (χ1v) is 6.12. The number of ether oxygens (including phenoxy) is 2. The Balaban J connectivity index is 1.90. The molecule has 0 amide bonds. The van der Waals surface area contributed by atoms with Gasteiger partial charge in [0.2, 0.25) is 6.29 Å². The summed E-state index contributed by atoms with van der Waals surface area (Å²) in [5, 5.41) is 1.97. The Morgan fingerprint density at radius 2 is 2.47 bits per heavy atom. The van der Waals surface area contributed by atoms with Gasteiger partial charge in [-0.05, 0) is 19.3 Å². The van der Waals surface area contributed by atoms with E-state index in [4.69, 9.17) is 14.3 Å². The maximum Gasteiger partial charge on any atom is 0.340 e. The molecule has 0 saturated carbocycles. The molecule has 17 heavy (non-hydrogen) atoms. The van der Waals surface area contributed by atoms with E-state index in [1.807, 2.05) is 11.1 Å². The number of hydroxylamine groups is 2. The van der Waals surface area contributed by atoms with E-state index in [9.17, 15) is 4.79 Å². The van der Waals surface area contributed by atoms with Gasteiger partial charge in [-0.1, -0.05) is 6.08 Å². The van der Waals surface area contributed by atoms with Crippen LogP contribution in [0, 0.1) is 5.41 Å². The fourth-order valence-corrected chi connectivity index (χ4v) is 4.11. The van der Waals surface area contributed by atoms with Crippen molar-refractivity contribution in [2.75, 3.05) is 13.2 Å². The van der Waals surface area contributed by atoms with E-state index < -0.39 is 12.4 Å². The van der Waals surface area contributed by atoms with E-state index in [2.05, 4.69) is 6.58 Å². The summed E-state index contributed by atoms with van der Waals surface area (Å²) >= 11 is 0. The Bertz CT molecular complexity index is 411. The molecule has 1 spiro atoms. The highest BCUT2D eigenvalue weighted by atomic mass is 16.8. The maximum absolute atomic E-state index is 11.9. The van der Waals surface area contributed by atoms with Crippen LogP contribution in [0.25, 0.3) is 0 Å². The molecule has 0 N–H and O–H groups in total. The van der Waals surface area contributed by atoms with Crippen molar-refractivity contribution in [2.45, 2.75) is 37.2 Å². The van der Waals surface area contributed by atoms with Crippen molar-refractivity contribution in [1.82, 2.24) is 5.06 Å². The number of hydrogen-bond donors (Lipinski definition) is 0. The first kappa shape index (κ1) is 10.1. The Hall–Kier alpha value is -0.910. The van der Waals surface area contributed by atoms with Crippen molar-refractivity contribution in [3.63, 3.8) is 0 Å². The maximum atomic E-state index is 11.9. The molecule has 0 aromatic rings. The molecule has 4 saturated heterocycles. The average Bonchev–Trinajstić information content (AvgIpc) is 2.94. The molecule has 4 aliphatic rings. The number of allylic oxidation sites excluding steroid dienone is 1. The minimum absolute atomic E-state index is 0.178. The summed E-state index contributed by atoms with van der Waals surface area (Å²) in [5.41, 5.74) is -0.551. The van der Waals surface area contributed by atoms with Crippen LogP contribution in [0.2, 0.25) is 0 Å². The van der Waals surface area contributed by atoms with Crippen molar-refractivity contribution < 1.29 is 19.1 Å². The summed E-state index contributed by atoms with van der Waals surface area (Å²) < 4.78 is 11.0. The van der Waals surface area contributed by atoms with E-state index in [-0.39, 0.29) is 16.9 Å². The van der Waals surface area contributed by atoms with E-state index in [0.717, 1.165) is 19.4 Å². The van der Waals surface area contributed by atoms with Gasteiger partial charge in [0.05, 0.1) is 17.6 Å². The molecule has 0 radical (unpaired) electrons. The molecule has 4 aliphatic heterocycles. The summed E-state index contributed by atoms with van der Waals surface area (Å²) in [7, 11) is 0. The highest BCUT2D eigenvalue weighted by Gasteiger charge is 2.79. The van der Waals surface area contributed by atoms with Gasteiger partial charge in [0.25, 0.3) is 0 Å². The summed E-state index contributed by atoms with van der Waals surface area (Å²) in [4.78, 5) is 17.7. The van der Waals surface area contributed by atoms with Crippen LogP contribution in [0.3, 0.4) is 0 Å². The molecule has 0 aromatic heterocycles. The molecule has 0 bridgehead atoms. The lowest BCUT2D eigenvalue weighted by atomic mass is 9.66. The summed E-state index contributed by atoms with van der Waals surface area (Å²) in [6.45, 7) is 5.28. The van der Waals surface area contributed by atoms with Gasteiger partial charge in [-0.25, -0.2) is 4.79 Å². The predicted octanol–water partition coefficient (Wildman–Crippen LogP) is 0.610. The minimum Gasteiger partial charge on any atom is -0.433 e. The molecular weight excluding hydrogens is 222 g/mol. The summed E-state index contributed by atoms with van der Waals surface area (Å²) in [6, 6.07) is 0. The molecule has 0 unspecified atom stereocenters. The molecule has 0 aromatic carbocycles. The van der Waals surface area contributed by atoms with Crippen LogP contribution >= 0.6 is 0 Å². The Labute approximate surface area is 99.3 Å². The number of esters is 1. The van der Waals surface area contributed by atoms with E-state index in [1.165, 1.54) is 0 Å². The Morgan fingerprint density at radius 1 is 1.59 bits per heavy atom. The highest BCUT2D eigenvalue weighted by Crippen LogP contribution is 2.64. The Kier molecular flexibility index (Phi) is 1.72. The molecule has 4 rings (SSSR count). The smallest absolute Gasteiger partial charge is 0.340 e. The largest absolute Gasteiger partial charge is 0.433 e. The SMILES string of the molecule is C=CC[C@@]12[C@H]3OC[C@@]14CCCN4O[C@@H]2C(=O)O3. The first-order chi connectivity index (χ1) is 8.24. The van der Waals surface area contributed by atoms with Gasteiger partial charge in [0.1, 0.15) is 0 Å². The van der Waals surface area contributed by atoms with Gasteiger partial charge < -0.3 is 9.47 Å². The molecule has 0 aliphatic carbocycles. The molecule has 92 valence electrons. The highest BCUT2D eigenvalue weighted by molar-refractivity contribution is 5.80. The van der Waals surface area contributed by atoms with Crippen molar-refractivity contribution >= 4 is 5.97 Å². The van der Waals surface area contributed by atoms with Gasteiger partial charge in [-0.2, -0.15) is 5.06 Å². The fraction of sp³-hybridized carbons (Fsp3) is 0.750. The van der Waals surface area contributed by atoms with Crippen molar-refractivity contribution in [3.8, 4) is 0 Å². The Morgan fingerprint density at radius 3 is 3.29 bits per heavy atom. The van der Waals surface area contributed by atoms with E-state index in [0.29, 0.717) is 13.0 Å². The standard InChI is InChI=1S/C12H15NO4/c1-2-4-12-8-9(14)16-10(12)15-7-11(12)5-3-6-13(11)17-8/h2,8,10H,1,3-7H2/t8-,10+,11+,12-/m1/s1. The van der Waals surface area contributed by atoms with Gasteiger partial charge >= 0.3 is 5.97 Å². The third kappa shape index (κ3) is 0.852. The zero-order valence-corrected chi connectivity index (χ0v) is 9.55. The zero-order chi connectivity index (χ0) is 11.7. The fourth-order valence-electron chi connectivity index (χ4n) is 4.11. The van der Waals surface area contributed by atoms with Crippen LogP contribution in [-0.4, -0.2) is 42.1 Å². The minimum atomic E-state index is -0.506. The topological polar surface area (TPSA) is 48.0 Å².